The molecule has 7 nitrogen and oxygen atoms in total. The molecule has 0 aromatic rings. The lowest BCUT2D eigenvalue weighted by molar-refractivity contribution is -0.147. The topological polar surface area (TPSA) is 95.9 Å². The summed E-state index contributed by atoms with van der Waals surface area (Å²) in [5, 5.41) is 11.0. The second kappa shape index (κ2) is 12.8. The van der Waals surface area contributed by atoms with Crippen molar-refractivity contribution in [2.75, 3.05) is 20.2 Å². The van der Waals surface area contributed by atoms with Gasteiger partial charge in [0.05, 0.1) is 12.1 Å². The number of methoxy groups -OCH3 is 1. The molecule has 0 spiro atoms. The van der Waals surface area contributed by atoms with Gasteiger partial charge in [-0.25, -0.2) is 4.79 Å². The first-order valence-corrected chi connectivity index (χ1v) is 8.20. The fourth-order valence-corrected chi connectivity index (χ4v) is 1.55. The number of hydrogen-bond acceptors (Lipinski definition) is 4. The number of nitrogens with one attached hydrogen (secondary N) is 1. The van der Waals surface area contributed by atoms with E-state index < -0.39 is 12.0 Å². The second-order valence-electron chi connectivity index (χ2n) is 7.13. The van der Waals surface area contributed by atoms with Crippen LogP contribution in [0.15, 0.2) is 0 Å². The van der Waals surface area contributed by atoms with E-state index in [1.807, 2.05) is 20.8 Å². The Balaban J connectivity index is 0. The number of likely N-dealkylation sites (tertiary alicyclic amines) is 1. The van der Waals surface area contributed by atoms with Gasteiger partial charge in [0.25, 0.3) is 0 Å². The van der Waals surface area contributed by atoms with Gasteiger partial charge in [0.2, 0.25) is 12.3 Å². The molecule has 0 aromatic heterocycles. The van der Waals surface area contributed by atoms with Crippen molar-refractivity contribution in [2.45, 2.75) is 66.0 Å². The number of amides is 2. The van der Waals surface area contributed by atoms with E-state index in [1.165, 1.54) is 4.90 Å². The Morgan fingerprint density at radius 3 is 2.12 bits per heavy atom. The van der Waals surface area contributed by atoms with Gasteiger partial charge in [-0.1, -0.05) is 20.8 Å². The maximum Gasteiger partial charge on any atom is 0.326 e. The molecular formula is C17H34N2O5. The standard InChI is InChI=1S/C8H12N2O4.C5H12O.C4H10/c11-5-9-4-7(12)10-3-1-2-6(10)8(13)14;1-5(2,3)6-4;1-4(2)3/h5-6H,1-4H2,(H,9,11)(H,13,14);1-4H3;4H,1-3H3. The molecule has 1 aliphatic rings. The molecule has 1 rings (SSSR count). The molecule has 142 valence electrons. The highest BCUT2D eigenvalue weighted by molar-refractivity contribution is 5.86. The van der Waals surface area contributed by atoms with Crippen molar-refractivity contribution >= 4 is 18.3 Å². The quantitative estimate of drug-likeness (QED) is 0.758. The van der Waals surface area contributed by atoms with Crippen molar-refractivity contribution in [3.8, 4) is 0 Å². The molecule has 7 heteroatoms. The van der Waals surface area contributed by atoms with Crippen LogP contribution in [-0.2, 0) is 19.1 Å². The number of nitrogens with zero attached hydrogens (tertiary/aromatic N) is 1. The largest absolute Gasteiger partial charge is 0.480 e. The van der Waals surface area contributed by atoms with Gasteiger partial charge >= 0.3 is 5.97 Å². The Labute approximate surface area is 145 Å². The number of carboxylic acids is 1. The molecule has 2 amide bonds. The Kier molecular flexibility index (Phi) is 13.1. The Bertz CT molecular complexity index is 375. The maximum absolute atomic E-state index is 11.4. The van der Waals surface area contributed by atoms with Crippen LogP contribution in [0.25, 0.3) is 0 Å². The van der Waals surface area contributed by atoms with Gasteiger partial charge in [-0.05, 0) is 39.5 Å². The Morgan fingerprint density at radius 1 is 1.33 bits per heavy atom. The van der Waals surface area contributed by atoms with Gasteiger partial charge in [-0.15, -0.1) is 0 Å². The third-order valence-electron chi connectivity index (χ3n) is 2.81. The third-order valence-corrected chi connectivity index (χ3v) is 2.81. The first-order chi connectivity index (χ1) is 11.0. The Morgan fingerprint density at radius 2 is 1.79 bits per heavy atom. The zero-order chi connectivity index (χ0) is 19.3. The van der Waals surface area contributed by atoms with Crippen molar-refractivity contribution in [3.63, 3.8) is 0 Å². The lowest BCUT2D eigenvalue weighted by Crippen LogP contribution is -2.44. The first kappa shape index (κ1) is 24.6. The van der Waals surface area contributed by atoms with E-state index in [-0.39, 0.29) is 18.1 Å². The van der Waals surface area contributed by atoms with Crippen molar-refractivity contribution in [3.05, 3.63) is 0 Å². The van der Waals surface area contributed by atoms with E-state index in [2.05, 4.69) is 26.1 Å². The fourth-order valence-electron chi connectivity index (χ4n) is 1.55. The monoisotopic (exact) mass is 346 g/mol. The van der Waals surface area contributed by atoms with E-state index in [0.29, 0.717) is 25.8 Å². The summed E-state index contributed by atoms with van der Waals surface area (Å²) < 4.78 is 4.94. The summed E-state index contributed by atoms with van der Waals surface area (Å²) in [4.78, 5) is 33.3. The molecule has 0 radical (unpaired) electrons. The van der Waals surface area contributed by atoms with Crippen LogP contribution in [0.5, 0.6) is 0 Å². The molecule has 0 aromatic carbocycles. The van der Waals surface area contributed by atoms with Gasteiger partial charge in [0.1, 0.15) is 6.04 Å². The zero-order valence-corrected chi connectivity index (χ0v) is 16.1. The summed E-state index contributed by atoms with van der Waals surface area (Å²) in [5.41, 5.74) is 0.0417. The Hall–Kier alpha value is -1.63. The smallest absolute Gasteiger partial charge is 0.326 e. The fraction of sp³-hybridized carbons (Fsp3) is 0.824. The minimum absolute atomic E-state index is 0.0417. The number of rotatable bonds is 4. The van der Waals surface area contributed by atoms with Gasteiger partial charge in [-0.2, -0.15) is 0 Å². The van der Waals surface area contributed by atoms with Crippen LogP contribution in [0.4, 0.5) is 0 Å². The molecule has 1 unspecified atom stereocenters. The summed E-state index contributed by atoms with van der Waals surface area (Å²) in [5.74, 6) is -0.496. The molecular weight excluding hydrogens is 312 g/mol. The highest BCUT2D eigenvalue weighted by atomic mass is 16.5. The van der Waals surface area contributed by atoms with Crippen molar-refractivity contribution in [1.82, 2.24) is 10.2 Å². The van der Waals surface area contributed by atoms with Gasteiger partial charge in [0.15, 0.2) is 0 Å². The van der Waals surface area contributed by atoms with Crippen molar-refractivity contribution in [2.24, 2.45) is 5.92 Å². The first-order valence-electron chi connectivity index (χ1n) is 8.20. The van der Waals surface area contributed by atoms with E-state index in [4.69, 9.17) is 9.84 Å². The number of ether oxygens (including phenoxy) is 1. The van der Waals surface area contributed by atoms with Crippen LogP contribution in [0.2, 0.25) is 0 Å². The number of carbonyl (C=O) groups excluding carboxylic acids is 2. The minimum atomic E-state index is -0.984. The number of hydrogen-bond donors (Lipinski definition) is 2. The van der Waals surface area contributed by atoms with Crippen LogP contribution >= 0.6 is 0 Å². The van der Waals surface area contributed by atoms with Crippen LogP contribution in [0.1, 0.15) is 54.4 Å². The molecule has 1 atom stereocenters. The number of aliphatic carboxylic acids is 1. The summed E-state index contributed by atoms with van der Waals surface area (Å²) in [6.45, 7) is 12.9. The highest BCUT2D eigenvalue weighted by Gasteiger charge is 2.33. The van der Waals surface area contributed by atoms with E-state index in [0.717, 1.165) is 5.92 Å². The lowest BCUT2D eigenvalue weighted by atomic mass is 10.2. The van der Waals surface area contributed by atoms with Crippen LogP contribution in [-0.4, -0.2) is 60.1 Å². The average molecular weight is 346 g/mol. The highest BCUT2D eigenvalue weighted by Crippen LogP contribution is 2.16. The zero-order valence-electron chi connectivity index (χ0n) is 16.1. The van der Waals surface area contributed by atoms with E-state index in [1.54, 1.807) is 7.11 Å². The summed E-state index contributed by atoms with van der Waals surface area (Å²) in [6, 6.07) is -0.726. The molecule has 1 saturated heterocycles. The van der Waals surface area contributed by atoms with Crippen LogP contribution in [0, 0.1) is 5.92 Å². The van der Waals surface area contributed by atoms with E-state index >= 15 is 0 Å². The van der Waals surface area contributed by atoms with Crippen molar-refractivity contribution < 1.29 is 24.2 Å². The second-order valence-corrected chi connectivity index (χ2v) is 7.13. The van der Waals surface area contributed by atoms with Gasteiger partial charge in [-0.3, -0.25) is 9.59 Å². The summed E-state index contributed by atoms with van der Waals surface area (Å²) in [6.07, 6.45) is 1.61. The van der Waals surface area contributed by atoms with Crippen LogP contribution in [0.3, 0.4) is 0 Å². The number of carboxylic acid groups (broad SMARTS) is 1. The molecule has 2 N–H and O–H groups in total. The minimum Gasteiger partial charge on any atom is -0.480 e. The van der Waals surface area contributed by atoms with Gasteiger partial charge < -0.3 is 20.1 Å². The molecule has 1 aliphatic heterocycles. The predicted octanol–water partition coefficient (Wildman–Crippen LogP) is 1.90. The summed E-state index contributed by atoms with van der Waals surface area (Å²) >= 11 is 0. The van der Waals surface area contributed by atoms with Gasteiger partial charge in [0, 0.05) is 13.7 Å². The lowest BCUT2D eigenvalue weighted by Gasteiger charge is -2.20. The normalized spacial score (nSPS) is 16.5. The van der Waals surface area contributed by atoms with Crippen molar-refractivity contribution in [1.29, 1.82) is 0 Å². The molecule has 24 heavy (non-hydrogen) atoms. The average Bonchev–Trinajstić information content (AvgIpc) is 2.93. The molecule has 0 aliphatic carbocycles. The molecule has 0 saturated carbocycles. The molecule has 1 heterocycles. The summed E-state index contributed by atoms with van der Waals surface area (Å²) in [7, 11) is 1.71. The molecule has 1 fully saturated rings. The van der Waals surface area contributed by atoms with E-state index in [9.17, 15) is 14.4 Å². The predicted molar refractivity (Wildman–Crippen MR) is 93.7 cm³/mol. The SMILES string of the molecule is CC(C)C.COC(C)(C)C.O=CNCC(=O)N1CCCC1C(=O)O. The maximum atomic E-state index is 11.4. The number of carbonyl (C=O) groups is 3. The van der Waals surface area contributed by atoms with Crippen LogP contribution < -0.4 is 5.32 Å². The third kappa shape index (κ3) is 14.0. The molecule has 0 bridgehead atoms.